The zero-order chi connectivity index (χ0) is 39.4. The molecule has 278 valence electrons. The Morgan fingerprint density at radius 3 is 1.58 bits per heavy atom. The molecule has 0 unspecified atom stereocenters. The van der Waals surface area contributed by atoms with Crippen molar-refractivity contribution >= 4 is 10.8 Å². The van der Waals surface area contributed by atoms with E-state index < -0.39 is 5.41 Å². The smallest absolute Gasteiger partial charge is 0.167 e. The Morgan fingerprint density at radius 2 is 0.817 bits per heavy atom. The highest BCUT2D eigenvalue weighted by Crippen LogP contribution is 2.63. The average Bonchev–Trinajstić information content (AvgIpc) is 3.81. The molecule has 3 aliphatic rings. The van der Waals surface area contributed by atoms with E-state index in [-0.39, 0.29) is 0 Å². The maximum atomic E-state index is 7.04. The highest BCUT2D eigenvalue weighted by molar-refractivity contribution is 6.18. The van der Waals surface area contributed by atoms with Gasteiger partial charge in [-0.05, 0) is 84.6 Å². The number of rotatable bonds is 4. The topological polar surface area (TPSA) is 47.9 Å². The van der Waals surface area contributed by atoms with Crippen LogP contribution in [0.2, 0.25) is 0 Å². The van der Waals surface area contributed by atoms with Crippen molar-refractivity contribution in [3.8, 4) is 90.2 Å². The fraction of sp³-hybridized carbons (Fsp3) is 0.0179. The molecule has 4 heteroatoms. The van der Waals surface area contributed by atoms with E-state index in [2.05, 4.69) is 182 Å². The first kappa shape index (κ1) is 33.1. The number of aromatic nitrogens is 3. The van der Waals surface area contributed by atoms with Gasteiger partial charge in [-0.1, -0.05) is 182 Å². The number of hydrogen-bond acceptors (Lipinski definition) is 4. The summed E-state index contributed by atoms with van der Waals surface area (Å²) >= 11 is 0. The normalized spacial score (nSPS) is 13.3. The lowest BCUT2D eigenvalue weighted by Crippen LogP contribution is -2.32. The number of fused-ring (bicyclic) bond motifs is 12. The van der Waals surface area contributed by atoms with Crippen molar-refractivity contribution in [2.45, 2.75) is 5.41 Å². The summed E-state index contributed by atoms with van der Waals surface area (Å²) in [5.74, 6) is 3.32. The van der Waals surface area contributed by atoms with Crippen LogP contribution < -0.4 is 4.74 Å². The summed E-state index contributed by atoms with van der Waals surface area (Å²) < 4.78 is 7.04. The Kier molecular flexibility index (Phi) is 6.90. The molecule has 4 nitrogen and oxygen atoms in total. The van der Waals surface area contributed by atoms with Crippen LogP contribution in [0, 0.1) is 0 Å². The molecule has 9 aromatic carbocycles. The van der Waals surface area contributed by atoms with Crippen molar-refractivity contribution < 1.29 is 4.74 Å². The van der Waals surface area contributed by atoms with Crippen molar-refractivity contribution in [2.24, 2.45) is 0 Å². The molecule has 0 N–H and O–H groups in total. The van der Waals surface area contributed by atoms with Crippen LogP contribution in [0.4, 0.5) is 0 Å². The van der Waals surface area contributed by atoms with Gasteiger partial charge in [-0.25, -0.2) is 15.0 Å². The molecule has 13 rings (SSSR count). The molecule has 0 saturated heterocycles. The molecular formula is C56H33N3O. The van der Waals surface area contributed by atoms with E-state index in [1.807, 2.05) is 18.2 Å². The minimum absolute atomic E-state index is 0.554. The summed E-state index contributed by atoms with van der Waals surface area (Å²) in [5.41, 5.74) is 16.6. The van der Waals surface area contributed by atoms with Crippen LogP contribution in [-0.2, 0) is 5.41 Å². The lowest BCUT2D eigenvalue weighted by Gasteiger charge is -2.39. The first-order valence-corrected chi connectivity index (χ1v) is 20.4. The lowest BCUT2D eigenvalue weighted by molar-refractivity contribution is 0.437. The average molecular weight is 764 g/mol. The van der Waals surface area contributed by atoms with Gasteiger partial charge in [-0.2, -0.15) is 0 Å². The highest BCUT2D eigenvalue weighted by Gasteiger charge is 2.51. The molecular weight excluding hydrogens is 731 g/mol. The standard InChI is InChI=1S/C56H33N3O/c1-2-15-34(16-3-1)53-57-54(36-18-12-17-35(33-36)37-31-32-44-39-20-5-4-19-38(39)43-24-13-23-42(37)51(43)44)59-55(58-53)45-25-14-29-49-52(45)60-50-30-11-10-28-48(50)56(49)46-26-8-6-21-40(46)41-22-7-9-27-47(41)56/h1-33H. The fourth-order valence-corrected chi connectivity index (χ4v) is 10.3. The molecule has 0 amide bonds. The van der Waals surface area contributed by atoms with Gasteiger partial charge in [-0.3, -0.25) is 0 Å². The number of para-hydroxylation sites is 2. The second-order valence-electron chi connectivity index (χ2n) is 15.8. The second-order valence-corrected chi connectivity index (χ2v) is 15.8. The van der Waals surface area contributed by atoms with E-state index in [1.165, 1.54) is 60.8 Å². The quantitative estimate of drug-likeness (QED) is 0.179. The van der Waals surface area contributed by atoms with E-state index in [1.54, 1.807) is 0 Å². The summed E-state index contributed by atoms with van der Waals surface area (Å²) in [6, 6.07) is 71.2. The van der Waals surface area contributed by atoms with Gasteiger partial charge in [-0.15, -0.1) is 0 Å². The zero-order valence-corrected chi connectivity index (χ0v) is 32.3. The van der Waals surface area contributed by atoms with E-state index in [9.17, 15) is 0 Å². The fourth-order valence-electron chi connectivity index (χ4n) is 10.3. The predicted octanol–water partition coefficient (Wildman–Crippen LogP) is 13.8. The number of hydrogen-bond donors (Lipinski definition) is 0. The Bertz CT molecular complexity index is 3350. The third-order valence-corrected chi connectivity index (χ3v) is 12.8. The van der Waals surface area contributed by atoms with Gasteiger partial charge < -0.3 is 4.74 Å². The largest absolute Gasteiger partial charge is 0.456 e. The van der Waals surface area contributed by atoms with Gasteiger partial charge in [0.25, 0.3) is 0 Å². The Balaban J connectivity index is 1.02. The molecule has 0 atom stereocenters. The molecule has 1 spiro atoms. The third kappa shape index (κ3) is 4.53. The van der Waals surface area contributed by atoms with Gasteiger partial charge >= 0.3 is 0 Å². The van der Waals surface area contributed by atoms with Crippen LogP contribution >= 0.6 is 0 Å². The Labute approximate surface area is 347 Å². The first-order chi connectivity index (χ1) is 29.8. The zero-order valence-electron chi connectivity index (χ0n) is 32.3. The molecule has 2 aliphatic carbocycles. The summed E-state index contributed by atoms with van der Waals surface area (Å²) in [7, 11) is 0. The summed E-state index contributed by atoms with van der Waals surface area (Å²) in [5, 5.41) is 2.54. The van der Waals surface area contributed by atoms with E-state index >= 15 is 0 Å². The minimum atomic E-state index is -0.596. The molecule has 0 bridgehead atoms. The van der Waals surface area contributed by atoms with E-state index in [0.717, 1.165) is 44.9 Å². The molecule has 0 radical (unpaired) electrons. The molecule has 2 heterocycles. The maximum absolute atomic E-state index is 7.04. The molecule has 0 saturated carbocycles. The van der Waals surface area contributed by atoms with Gasteiger partial charge in [0.2, 0.25) is 0 Å². The lowest BCUT2D eigenvalue weighted by atomic mass is 9.66. The SMILES string of the molecule is c1ccc(-c2nc(-c3cccc(-c4ccc5c6c(cccc46)-c4ccccc4-5)c3)nc(-c3cccc4c3Oc3ccccc3C43c4ccccc4-c4ccccc43)n2)cc1. The predicted molar refractivity (Wildman–Crippen MR) is 241 cm³/mol. The molecule has 60 heavy (non-hydrogen) atoms. The van der Waals surface area contributed by atoms with Crippen LogP contribution in [0.25, 0.3) is 89.4 Å². The Morgan fingerprint density at radius 1 is 0.317 bits per heavy atom. The van der Waals surface area contributed by atoms with Crippen LogP contribution in [-0.4, -0.2) is 15.0 Å². The molecule has 0 fully saturated rings. The number of benzene rings is 9. The van der Waals surface area contributed by atoms with Gasteiger partial charge in [0.05, 0.1) is 11.0 Å². The van der Waals surface area contributed by atoms with Crippen molar-refractivity contribution in [1.29, 1.82) is 0 Å². The van der Waals surface area contributed by atoms with Crippen molar-refractivity contribution in [3.63, 3.8) is 0 Å². The van der Waals surface area contributed by atoms with E-state index in [4.69, 9.17) is 19.7 Å². The molecule has 1 aliphatic heterocycles. The summed E-state index contributed by atoms with van der Waals surface area (Å²) in [4.78, 5) is 15.7. The highest BCUT2D eigenvalue weighted by atomic mass is 16.5. The monoisotopic (exact) mass is 763 g/mol. The van der Waals surface area contributed by atoms with Gasteiger partial charge in [0, 0.05) is 22.3 Å². The Hall–Kier alpha value is -7.95. The van der Waals surface area contributed by atoms with Crippen molar-refractivity contribution in [1.82, 2.24) is 15.0 Å². The van der Waals surface area contributed by atoms with Crippen LogP contribution in [0.3, 0.4) is 0 Å². The molecule has 1 aromatic heterocycles. The van der Waals surface area contributed by atoms with Gasteiger partial charge in [0.15, 0.2) is 17.5 Å². The summed E-state index contributed by atoms with van der Waals surface area (Å²) in [6.45, 7) is 0. The van der Waals surface area contributed by atoms with Gasteiger partial charge in [0.1, 0.15) is 11.5 Å². The molecule has 10 aromatic rings. The van der Waals surface area contributed by atoms with E-state index in [0.29, 0.717) is 17.5 Å². The second kappa shape index (κ2) is 12.5. The first-order valence-electron chi connectivity index (χ1n) is 20.4. The number of nitrogens with zero attached hydrogens (tertiary/aromatic N) is 3. The van der Waals surface area contributed by atoms with Crippen LogP contribution in [0.5, 0.6) is 11.5 Å². The number of ether oxygens (including phenoxy) is 1. The summed E-state index contributed by atoms with van der Waals surface area (Å²) in [6.07, 6.45) is 0. The third-order valence-electron chi connectivity index (χ3n) is 12.8. The van der Waals surface area contributed by atoms with Crippen LogP contribution in [0.15, 0.2) is 200 Å². The van der Waals surface area contributed by atoms with Crippen LogP contribution in [0.1, 0.15) is 22.3 Å². The minimum Gasteiger partial charge on any atom is -0.456 e. The van der Waals surface area contributed by atoms with Crippen molar-refractivity contribution in [2.75, 3.05) is 0 Å². The maximum Gasteiger partial charge on any atom is 0.167 e. The van der Waals surface area contributed by atoms with Crippen molar-refractivity contribution in [3.05, 3.63) is 222 Å².